The van der Waals surface area contributed by atoms with E-state index in [2.05, 4.69) is 34.0 Å². The molecule has 0 amide bonds. The van der Waals surface area contributed by atoms with Crippen LogP contribution in [-0.2, 0) is 0 Å². The van der Waals surface area contributed by atoms with Crippen molar-refractivity contribution in [2.75, 3.05) is 18.0 Å². The van der Waals surface area contributed by atoms with Crippen molar-refractivity contribution >= 4 is 28.6 Å². The lowest BCUT2D eigenvalue weighted by molar-refractivity contribution is 0.386. The zero-order valence-electron chi connectivity index (χ0n) is 18.7. The SMILES string of the molecule is CC(C)NC1CCN(c2ncnc3c2nc(-c2ccccc2F)n3-c2ccc(Cl)cc2)CC1. The van der Waals surface area contributed by atoms with Crippen molar-refractivity contribution in [3.63, 3.8) is 0 Å². The number of nitrogens with one attached hydrogen (secondary N) is 1. The van der Waals surface area contributed by atoms with Gasteiger partial charge in [-0.3, -0.25) is 4.57 Å². The maximum absolute atomic E-state index is 14.8. The van der Waals surface area contributed by atoms with E-state index < -0.39 is 0 Å². The third kappa shape index (κ3) is 4.30. The standard InChI is InChI=1S/C25H26ClFN6/c1-16(2)30-18-11-13-32(14-12-18)24-22-25(29-15-28-24)33(19-9-7-17(26)8-10-19)23(31-22)20-5-3-4-6-21(20)27/h3-10,15-16,18,30H,11-14H2,1-2H3. The van der Waals surface area contributed by atoms with Crippen molar-refractivity contribution < 1.29 is 4.39 Å². The van der Waals surface area contributed by atoms with Crippen LogP contribution in [0.2, 0.25) is 5.02 Å². The van der Waals surface area contributed by atoms with Crippen molar-refractivity contribution in [3.8, 4) is 17.1 Å². The van der Waals surface area contributed by atoms with Crippen LogP contribution in [0.15, 0.2) is 54.9 Å². The Kier molecular flexibility index (Phi) is 6.00. The number of fused-ring (bicyclic) bond motifs is 1. The second-order valence-corrected chi connectivity index (χ2v) is 9.12. The minimum Gasteiger partial charge on any atom is -0.355 e. The fourth-order valence-electron chi connectivity index (χ4n) is 4.50. The third-order valence-electron chi connectivity index (χ3n) is 5.99. The number of nitrogens with zero attached hydrogens (tertiary/aromatic N) is 5. The van der Waals surface area contributed by atoms with Crippen molar-refractivity contribution in [2.45, 2.75) is 38.8 Å². The average Bonchev–Trinajstić information content (AvgIpc) is 3.19. The fraction of sp³-hybridized carbons (Fsp3) is 0.320. The number of piperidine rings is 1. The first kappa shape index (κ1) is 21.8. The van der Waals surface area contributed by atoms with Crippen molar-refractivity contribution in [2.24, 2.45) is 0 Å². The number of hydrogen-bond acceptors (Lipinski definition) is 5. The molecule has 0 aliphatic carbocycles. The largest absolute Gasteiger partial charge is 0.355 e. The van der Waals surface area contributed by atoms with Gasteiger partial charge in [-0.05, 0) is 49.2 Å². The van der Waals surface area contributed by atoms with Crippen LogP contribution in [0, 0.1) is 5.82 Å². The van der Waals surface area contributed by atoms with Gasteiger partial charge in [-0.1, -0.05) is 37.6 Å². The highest BCUT2D eigenvalue weighted by Crippen LogP contribution is 2.33. The Bertz CT molecular complexity index is 1260. The van der Waals surface area contributed by atoms with E-state index in [1.165, 1.54) is 6.07 Å². The number of anilines is 1. The molecule has 6 nitrogen and oxygen atoms in total. The average molecular weight is 465 g/mol. The van der Waals surface area contributed by atoms with Gasteiger partial charge < -0.3 is 10.2 Å². The van der Waals surface area contributed by atoms with Gasteiger partial charge in [-0.25, -0.2) is 19.3 Å². The molecule has 1 aliphatic rings. The van der Waals surface area contributed by atoms with Gasteiger partial charge in [0, 0.05) is 35.9 Å². The Balaban J connectivity index is 1.62. The van der Waals surface area contributed by atoms with Crippen LogP contribution < -0.4 is 10.2 Å². The number of benzene rings is 2. The Morgan fingerprint density at radius 3 is 2.45 bits per heavy atom. The predicted octanol–water partition coefficient (Wildman–Crippen LogP) is 5.24. The summed E-state index contributed by atoms with van der Waals surface area (Å²) in [5.74, 6) is 0.940. The van der Waals surface area contributed by atoms with Crippen molar-refractivity contribution in [3.05, 3.63) is 65.7 Å². The number of halogens is 2. The Morgan fingerprint density at radius 2 is 1.76 bits per heavy atom. The molecule has 1 N–H and O–H groups in total. The molecule has 0 saturated carbocycles. The molecule has 4 aromatic rings. The molecule has 1 fully saturated rings. The lowest BCUT2D eigenvalue weighted by Gasteiger charge is -2.34. The molecule has 1 aliphatic heterocycles. The Hall–Kier alpha value is -3.03. The smallest absolute Gasteiger partial charge is 0.170 e. The molecule has 1 saturated heterocycles. The molecule has 0 bridgehead atoms. The lowest BCUT2D eigenvalue weighted by atomic mass is 10.0. The van der Waals surface area contributed by atoms with E-state index in [1.807, 2.05) is 34.9 Å². The van der Waals surface area contributed by atoms with Gasteiger partial charge in [-0.15, -0.1) is 0 Å². The molecule has 0 radical (unpaired) electrons. The summed E-state index contributed by atoms with van der Waals surface area (Å²) in [4.78, 5) is 16.3. The van der Waals surface area contributed by atoms with Gasteiger partial charge in [0.15, 0.2) is 17.0 Å². The summed E-state index contributed by atoms with van der Waals surface area (Å²) in [6.45, 7) is 6.10. The highest BCUT2D eigenvalue weighted by molar-refractivity contribution is 6.30. The monoisotopic (exact) mass is 464 g/mol. The highest BCUT2D eigenvalue weighted by Gasteiger charge is 2.26. The maximum atomic E-state index is 14.8. The summed E-state index contributed by atoms with van der Waals surface area (Å²) < 4.78 is 16.7. The van der Waals surface area contributed by atoms with E-state index in [-0.39, 0.29) is 5.82 Å². The first-order valence-electron chi connectivity index (χ1n) is 11.3. The van der Waals surface area contributed by atoms with E-state index in [0.29, 0.717) is 39.7 Å². The minimum atomic E-state index is -0.335. The minimum absolute atomic E-state index is 0.335. The van der Waals surface area contributed by atoms with Crippen LogP contribution in [0.4, 0.5) is 10.2 Å². The molecular formula is C25H26ClFN6. The van der Waals surface area contributed by atoms with Gasteiger partial charge in [0.2, 0.25) is 0 Å². The van der Waals surface area contributed by atoms with Gasteiger partial charge >= 0.3 is 0 Å². The Labute approximate surface area is 197 Å². The van der Waals surface area contributed by atoms with E-state index in [4.69, 9.17) is 16.6 Å². The molecule has 5 rings (SSSR count). The summed E-state index contributed by atoms with van der Waals surface area (Å²) in [6.07, 6.45) is 3.62. The predicted molar refractivity (Wildman–Crippen MR) is 131 cm³/mol. The van der Waals surface area contributed by atoms with Crippen LogP contribution in [-0.4, -0.2) is 44.7 Å². The molecule has 0 unspecified atom stereocenters. The van der Waals surface area contributed by atoms with Gasteiger partial charge in [0.25, 0.3) is 0 Å². The van der Waals surface area contributed by atoms with Gasteiger partial charge in [0.05, 0.1) is 5.56 Å². The summed E-state index contributed by atoms with van der Waals surface area (Å²) in [5.41, 5.74) is 2.53. The van der Waals surface area contributed by atoms with Crippen molar-refractivity contribution in [1.29, 1.82) is 0 Å². The molecule has 8 heteroatoms. The van der Waals surface area contributed by atoms with Gasteiger partial charge in [0.1, 0.15) is 18.0 Å². The normalized spacial score (nSPS) is 15.0. The molecule has 0 spiro atoms. The number of aromatic nitrogens is 4. The molecular weight excluding hydrogens is 439 g/mol. The van der Waals surface area contributed by atoms with Crippen LogP contribution >= 0.6 is 11.6 Å². The molecule has 3 heterocycles. The summed E-state index contributed by atoms with van der Waals surface area (Å²) in [6, 6.07) is 15.0. The van der Waals surface area contributed by atoms with Crippen LogP contribution in [0.25, 0.3) is 28.2 Å². The van der Waals surface area contributed by atoms with E-state index >= 15 is 0 Å². The first-order valence-corrected chi connectivity index (χ1v) is 11.6. The topological polar surface area (TPSA) is 58.9 Å². The molecule has 33 heavy (non-hydrogen) atoms. The third-order valence-corrected chi connectivity index (χ3v) is 6.24. The van der Waals surface area contributed by atoms with Crippen LogP contribution in [0.1, 0.15) is 26.7 Å². The number of hydrogen-bond donors (Lipinski definition) is 1. The zero-order valence-corrected chi connectivity index (χ0v) is 19.4. The second kappa shape index (κ2) is 9.08. The number of rotatable bonds is 5. The molecule has 2 aromatic heterocycles. The first-order chi connectivity index (χ1) is 16.0. The molecule has 170 valence electrons. The summed E-state index contributed by atoms with van der Waals surface area (Å²) >= 11 is 6.12. The summed E-state index contributed by atoms with van der Waals surface area (Å²) in [5, 5.41) is 4.25. The van der Waals surface area contributed by atoms with Gasteiger partial charge in [-0.2, -0.15) is 0 Å². The van der Waals surface area contributed by atoms with Crippen molar-refractivity contribution in [1.82, 2.24) is 24.8 Å². The molecule has 2 aromatic carbocycles. The van der Waals surface area contributed by atoms with E-state index in [1.54, 1.807) is 18.5 Å². The highest BCUT2D eigenvalue weighted by atomic mass is 35.5. The Morgan fingerprint density at radius 1 is 1.03 bits per heavy atom. The summed E-state index contributed by atoms with van der Waals surface area (Å²) in [7, 11) is 0. The second-order valence-electron chi connectivity index (χ2n) is 8.68. The van der Waals surface area contributed by atoms with Crippen LogP contribution in [0.3, 0.4) is 0 Å². The van der Waals surface area contributed by atoms with E-state index in [0.717, 1.165) is 37.4 Å². The van der Waals surface area contributed by atoms with Crippen LogP contribution in [0.5, 0.6) is 0 Å². The zero-order chi connectivity index (χ0) is 22.9. The molecule has 0 atom stereocenters. The van der Waals surface area contributed by atoms with E-state index in [9.17, 15) is 4.39 Å². The number of imidazole rings is 1. The quantitative estimate of drug-likeness (QED) is 0.437. The maximum Gasteiger partial charge on any atom is 0.170 e. The fourth-order valence-corrected chi connectivity index (χ4v) is 4.63. The lowest BCUT2D eigenvalue weighted by Crippen LogP contribution is -2.45.